The molecule has 0 saturated heterocycles. The normalized spacial score (nSPS) is 15.3. The van der Waals surface area contributed by atoms with E-state index >= 15 is 0 Å². The van der Waals surface area contributed by atoms with Crippen LogP contribution < -0.4 is 14.4 Å². The van der Waals surface area contributed by atoms with E-state index in [1.807, 2.05) is 25.1 Å². The first kappa shape index (κ1) is 23.6. The quantitative estimate of drug-likeness (QED) is 0.436. The average molecular weight is 550 g/mol. The molecule has 0 saturated carbocycles. The molecule has 0 fully saturated rings. The molecule has 0 radical (unpaired) electrons. The monoisotopic (exact) mass is 548 g/mol. The highest BCUT2D eigenvalue weighted by molar-refractivity contribution is 9.10. The van der Waals surface area contributed by atoms with Crippen LogP contribution in [-0.4, -0.2) is 27.0 Å². The molecule has 6 nitrogen and oxygen atoms in total. The van der Waals surface area contributed by atoms with Crippen LogP contribution in [0.3, 0.4) is 0 Å². The number of benzene rings is 3. The van der Waals surface area contributed by atoms with Gasteiger partial charge in [-0.05, 0) is 92.1 Å². The van der Waals surface area contributed by atoms with Crippen molar-refractivity contribution < 1.29 is 17.9 Å². The SMILES string of the molecule is Cc1cc(S(=O)(=O)Nc2ccc(Cl)cc2)ccc1OCC(=O)N1c2ccc(Br)cc2C[C@H]1C. The number of amides is 1. The molecule has 9 heteroatoms. The summed E-state index contributed by atoms with van der Waals surface area (Å²) >= 11 is 9.32. The van der Waals surface area contributed by atoms with Gasteiger partial charge in [-0.1, -0.05) is 27.5 Å². The lowest BCUT2D eigenvalue weighted by Gasteiger charge is -2.23. The number of halogens is 2. The van der Waals surface area contributed by atoms with Crippen LogP contribution in [0.1, 0.15) is 18.1 Å². The largest absolute Gasteiger partial charge is 0.483 e. The maximum absolute atomic E-state index is 12.9. The number of nitrogens with one attached hydrogen (secondary N) is 1. The van der Waals surface area contributed by atoms with Gasteiger partial charge in [0.15, 0.2) is 6.61 Å². The van der Waals surface area contributed by atoms with Crippen LogP contribution in [0.2, 0.25) is 5.02 Å². The van der Waals surface area contributed by atoms with E-state index in [2.05, 4.69) is 20.7 Å². The number of carbonyl (C=O) groups excluding carboxylic acids is 1. The molecule has 1 aliphatic rings. The Hall–Kier alpha value is -2.55. The van der Waals surface area contributed by atoms with Gasteiger partial charge in [-0.25, -0.2) is 8.42 Å². The fourth-order valence-corrected chi connectivity index (χ4v) is 5.55. The molecule has 4 rings (SSSR count). The molecular formula is C24H22BrClN2O4S. The Morgan fingerprint density at radius 2 is 1.88 bits per heavy atom. The molecule has 1 heterocycles. The van der Waals surface area contributed by atoms with Crippen molar-refractivity contribution in [1.29, 1.82) is 0 Å². The standard InChI is InChI=1S/C24H22BrClN2O4S/c1-15-11-21(33(30,31)27-20-6-4-19(26)5-7-20)8-10-23(15)32-14-24(29)28-16(2)12-17-13-18(25)3-9-22(17)28/h3-11,13,16,27H,12,14H2,1-2H3/t16-/m1/s1. The Morgan fingerprint density at radius 3 is 2.58 bits per heavy atom. The van der Waals surface area contributed by atoms with Crippen molar-refractivity contribution in [3.8, 4) is 5.75 Å². The van der Waals surface area contributed by atoms with Crippen LogP contribution in [0.5, 0.6) is 5.75 Å². The van der Waals surface area contributed by atoms with E-state index in [-0.39, 0.29) is 23.5 Å². The Balaban J connectivity index is 1.45. The third-order valence-electron chi connectivity index (χ3n) is 5.43. The van der Waals surface area contributed by atoms with Crippen molar-refractivity contribution in [3.05, 3.63) is 81.3 Å². The predicted octanol–water partition coefficient (Wildman–Crippen LogP) is 5.57. The van der Waals surface area contributed by atoms with Crippen LogP contribution in [0.15, 0.2) is 70.0 Å². The lowest BCUT2D eigenvalue weighted by molar-refractivity contribution is -0.120. The average Bonchev–Trinajstić information content (AvgIpc) is 3.08. The molecule has 1 amide bonds. The van der Waals surface area contributed by atoms with Gasteiger partial charge in [-0.3, -0.25) is 9.52 Å². The van der Waals surface area contributed by atoms with E-state index in [1.54, 1.807) is 42.2 Å². The van der Waals surface area contributed by atoms with E-state index in [9.17, 15) is 13.2 Å². The van der Waals surface area contributed by atoms with Crippen molar-refractivity contribution in [2.45, 2.75) is 31.2 Å². The summed E-state index contributed by atoms with van der Waals surface area (Å²) in [6.07, 6.45) is 0.784. The Morgan fingerprint density at radius 1 is 1.15 bits per heavy atom. The van der Waals surface area contributed by atoms with Crippen LogP contribution in [-0.2, 0) is 21.2 Å². The van der Waals surface area contributed by atoms with Gasteiger partial charge in [0.05, 0.1) is 4.90 Å². The number of aryl methyl sites for hydroxylation is 1. The third-order valence-corrected chi connectivity index (χ3v) is 7.55. The first-order chi connectivity index (χ1) is 15.6. The molecule has 0 spiro atoms. The number of fused-ring (bicyclic) bond motifs is 1. The van der Waals surface area contributed by atoms with Gasteiger partial charge in [0.25, 0.3) is 15.9 Å². The number of rotatable bonds is 6. The van der Waals surface area contributed by atoms with Gasteiger partial charge in [0.2, 0.25) is 0 Å². The zero-order valence-corrected chi connectivity index (χ0v) is 21.2. The maximum Gasteiger partial charge on any atom is 0.265 e. The van der Waals surface area contributed by atoms with E-state index in [0.29, 0.717) is 22.0 Å². The van der Waals surface area contributed by atoms with Crippen molar-refractivity contribution in [1.82, 2.24) is 0 Å². The lowest BCUT2D eigenvalue weighted by Crippen LogP contribution is -2.39. The second-order valence-electron chi connectivity index (χ2n) is 7.92. The Labute approximate surface area is 206 Å². The fraction of sp³-hybridized carbons (Fsp3) is 0.208. The van der Waals surface area contributed by atoms with E-state index in [1.165, 1.54) is 12.1 Å². The zero-order chi connectivity index (χ0) is 23.8. The fourth-order valence-electron chi connectivity index (χ4n) is 3.87. The number of hydrogen-bond acceptors (Lipinski definition) is 4. The predicted molar refractivity (Wildman–Crippen MR) is 134 cm³/mol. The summed E-state index contributed by atoms with van der Waals surface area (Å²) in [5.74, 6) is 0.306. The van der Waals surface area contributed by atoms with Gasteiger partial charge in [0, 0.05) is 26.9 Å². The maximum atomic E-state index is 12.9. The summed E-state index contributed by atoms with van der Waals surface area (Å²) in [6, 6.07) is 16.8. The summed E-state index contributed by atoms with van der Waals surface area (Å²) in [7, 11) is -3.78. The van der Waals surface area contributed by atoms with Gasteiger partial charge < -0.3 is 9.64 Å². The Kier molecular flexibility index (Phi) is 6.70. The van der Waals surface area contributed by atoms with Gasteiger partial charge in [0.1, 0.15) is 5.75 Å². The summed E-state index contributed by atoms with van der Waals surface area (Å²) in [5, 5.41) is 0.518. The molecule has 0 unspecified atom stereocenters. The first-order valence-electron chi connectivity index (χ1n) is 10.3. The molecule has 3 aromatic rings. The second kappa shape index (κ2) is 9.37. The van der Waals surface area contributed by atoms with Gasteiger partial charge in [-0.2, -0.15) is 0 Å². The minimum atomic E-state index is -3.78. The molecule has 0 aliphatic carbocycles. The number of nitrogens with zero attached hydrogens (tertiary/aromatic N) is 1. The lowest BCUT2D eigenvalue weighted by atomic mass is 10.1. The smallest absolute Gasteiger partial charge is 0.265 e. The number of hydrogen-bond donors (Lipinski definition) is 1. The van der Waals surface area contributed by atoms with E-state index < -0.39 is 10.0 Å². The summed E-state index contributed by atoms with van der Waals surface area (Å²) in [6.45, 7) is 3.60. The van der Waals surface area contributed by atoms with Gasteiger partial charge >= 0.3 is 0 Å². The zero-order valence-electron chi connectivity index (χ0n) is 18.0. The highest BCUT2D eigenvalue weighted by atomic mass is 79.9. The summed E-state index contributed by atoms with van der Waals surface area (Å²) in [4.78, 5) is 14.8. The number of ether oxygens (including phenoxy) is 1. The van der Waals surface area contributed by atoms with Crippen molar-refractivity contribution in [2.75, 3.05) is 16.2 Å². The number of anilines is 2. The minimum absolute atomic E-state index is 0.0398. The molecule has 172 valence electrons. The van der Waals surface area contributed by atoms with E-state index in [0.717, 1.165) is 22.1 Å². The number of sulfonamides is 1. The molecule has 3 aromatic carbocycles. The van der Waals surface area contributed by atoms with Crippen LogP contribution in [0.4, 0.5) is 11.4 Å². The van der Waals surface area contributed by atoms with E-state index in [4.69, 9.17) is 16.3 Å². The molecule has 1 N–H and O–H groups in total. The summed E-state index contributed by atoms with van der Waals surface area (Å²) < 4.78 is 34.7. The second-order valence-corrected chi connectivity index (χ2v) is 11.0. The van der Waals surface area contributed by atoms with Crippen molar-refractivity contribution in [2.24, 2.45) is 0 Å². The Bertz CT molecular complexity index is 1310. The molecule has 1 aliphatic heterocycles. The topological polar surface area (TPSA) is 75.7 Å². The molecule has 0 aromatic heterocycles. The van der Waals surface area contributed by atoms with Crippen LogP contribution in [0.25, 0.3) is 0 Å². The van der Waals surface area contributed by atoms with Crippen molar-refractivity contribution in [3.63, 3.8) is 0 Å². The van der Waals surface area contributed by atoms with Crippen LogP contribution in [0, 0.1) is 6.92 Å². The highest BCUT2D eigenvalue weighted by Crippen LogP contribution is 2.34. The summed E-state index contributed by atoms with van der Waals surface area (Å²) in [5.41, 5.74) is 3.03. The molecule has 0 bridgehead atoms. The first-order valence-corrected chi connectivity index (χ1v) is 12.9. The minimum Gasteiger partial charge on any atom is -0.483 e. The number of carbonyl (C=O) groups is 1. The van der Waals surface area contributed by atoms with Crippen LogP contribution >= 0.6 is 27.5 Å². The molecule has 1 atom stereocenters. The van der Waals surface area contributed by atoms with Gasteiger partial charge in [-0.15, -0.1) is 0 Å². The highest BCUT2D eigenvalue weighted by Gasteiger charge is 2.31. The molecule has 33 heavy (non-hydrogen) atoms. The molecular weight excluding hydrogens is 528 g/mol. The third kappa shape index (κ3) is 5.18. The van der Waals surface area contributed by atoms with Crippen molar-refractivity contribution >= 4 is 54.8 Å².